The summed E-state index contributed by atoms with van der Waals surface area (Å²) in [6, 6.07) is 16.3. The standard InChI is InChI=1S/C16H16ClNO2/c17-14-8-6-12(7-9-14)11-20-16(19)10-15(18)13-4-2-1-3-5-13/h1-9,15H,10-11,18H2. The van der Waals surface area contributed by atoms with Crippen molar-refractivity contribution in [3.05, 3.63) is 70.7 Å². The van der Waals surface area contributed by atoms with E-state index in [1.807, 2.05) is 42.5 Å². The average Bonchev–Trinajstić information content (AvgIpc) is 2.47. The molecule has 0 amide bonds. The molecule has 2 aromatic carbocycles. The van der Waals surface area contributed by atoms with Crippen LogP contribution in [0.1, 0.15) is 23.6 Å². The van der Waals surface area contributed by atoms with Gasteiger partial charge in [0.05, 0.1) is 6.42 Å². The van der Waals surface area contributed by atoms with E-state index in [1.165, 1.54) is 0 Å². The first-order valence-corrected chi connectivity index (χ1v) is 6.73. The van der Waals surface area contributed by atoms with Gasteiger partial charge in [0.1, 0.15) is 6.61 Å². The van der Waals surface area contributed by atoms with Crippen LogP contribution >= 0.6 is 11.6 Å². The first-order chi connectivity index (χ1) is 9.65. The van der Waals surface area contributed by atoms with Crippen molar-refractivity contribution in [2.24, 2.45) is 5.73 Å². The van der Waals surface area contributed by atoms with Crippen LogP contribution in [0.2, 0.25) is 5.02 Å². The van der Waals surface area contributed by atoms with Gasteiger partial charge >= 0.3 is 5.97 Å². The fourth-order valence-corrected chi connectivity index (χ4v) is 1.93. The number of esters is 1. The minimum absolute atomic E-state index is 0.164. The van der Waals surface area contributed by atoms with Crippen molar-refractivity contribution < 1.29 is 9.53 Å². The Kier molecular flexibility index (Phi) is 5.16. The normalized spacial score (nSPS) is 11.9. The van der Waals surface area contributed by atoms with Crippen LogP contribution in [0.5, 0.6) is 0 Å². The maximum absolute atomic E-state index is 11.7. The quantitative estimate of drug-likeness (QED) is 0.858. The molecule has 0 bridgehead atoms. The highest BCUT2D eigenvalue weighted by Gasteiger charge is 2.12. The average molecular weight is 290 g/mol. The number of ether oxygens (including phenoxy) is 1. The molecule has 3 nitrogen and oxygen atoms in total. The van der Waals surface area contributed by atoms with Gasteiger partial charge in [0, 0.05) is 11.1 Å². The lowest BCUT2D eigenvalue weighted by Gasteiger charge is -2.11. The van der Waals surface area contributed by atoms with Crippen LogP contribution in [0.4, 0.5) is 0 Å². The van der Waals surface area contributed by atoms with Gasteiger partial charge < -0.3 is 10.5 Å². The Labute approximate surface area is 123 Å². The van der Waals surface area contributed by atoms with Crippen LogP contribution in [0.15, 0.2) is 54.6 Å². The molecule has 0 radical (unpaired) electrons. The predicted octanol–water partition coefficient (Wildman–Crippen LogP) is 3.47. The van der Waals surface area contributed by atoms with Crippen molar-refractivity contribution in [1.29, 1.82) is 0 Å². The number of carbonyl (C=O) groups excluding carboxylic acids is 1. The molecule has 2 N–H and O–H groups in total. The monoisotopic (exact) mass is 289 g/mol. The van der Waals surface area contributed by atoms with Crippen LogP contribution in [0.25, 0.3) is 0 Å². The van der Waals surface area contributed by atoms with Crippen LogP contribution in [-0.2, 0) is 16.1 Å². The van der Waals surface area contributed by atoms with Crippen LogP contribution in [0.3, 0.4) is 0 Å². The third-order valence-electron chi connectivity index (χ3n) is 2.93. The molecule has 0 fully saturated rings. The highest BCUT2D eigenvalue weighted by molar-refractivity contribution is 6.30. The highest BCUT2D eigenvalue weighted by Crippen LogP contribution is 2.15. The zero-order valence-electron chi connectivity index (χ0n) is 11.0. The van der Waals surface area contributed by atoms with Gasteiger partial charge in [-0.05, 0) is 23.3 Å². The molecule has 2 aromatic rings. The maximum Gasteiger partial charge on any atom is 0.308 e. The van der Waals surface area contributed by atoms with Crippen molar-refractivity contribution in [3.8, 4) is 0 Å². The second-order valence-electron chi connectivity index (χ2n) is 4.51. The Morgan fingerprint density at radius 1 is 1.10 bits per heavy atom. The Morgan fingerprint density at radius 2 is 1.75 bits per heavy atom. The van der Waals surface area contributed by atoms with Crippen molar-refractivity contribution in [2.45, 2.75) is 19.1 Å². The van der Waals surface area contributed by atoms with Gasteiger partial charge in [-0.25, -0.2) is 0 Å². The summed E-state index contributed by atoms with van der Waals surface area (Å²) in [5, 5.41) is 0.658. The van der Waals surface area contributed by atoms with Crippen molar-refractivity contribution in [3.63, 3.8) is 0 Å². The summed E-state index contributed by atoms with van der Waals surface area (Å²) >= 11 is 5.79. The SMILES string of the molecule is NC(CC(=O)OCc1ccc(Cl)cc1)c1ccccc1. The van der Waals surface area contributed by atoms with E-state index in [-0.39, 0.29) is 25.0 Å². The molecule has 4 heteroatoms. The molecule has 0 aliphatic heterocycles. The van der Waals surface area contributed by atoms with E-state index in [0.29, 0.717) is 5.02 Å². The van der Waals surface area contributed by atoms with E-state index in [2.05, 4.69) is 0 Å². The van der Waals surface area contributed by atoms with E-state index in [9.17, 15) is 4.79 Å². The molecule has 0 saturated carbocycles. The van der Waals surface area contributed by atoms with Gasteiger partial charge in [-0.15, -0.1) is 0 Å². The van der Waals surface area contributed by atoms with E-state index in [1.54, 1.807) is 12.1 Å². The summed E-state index contributed by atoms with van der Waals surface area (Å²) < 4.78 is 5.20. The van der Waals surface area contributed by atoms with Gasteiger partial charge in [0.2, 0.25) is 0 Å². The Balaban J connectivity index is 1.82. The first-order valence-electron chi connectivity index (χ1n) is 6.36. The second-order valence-corrected chi connectivity index (χ2v) is 4.94. The summed E-state index contributed by atoms with van der Waals surface area (Å²) in [5.74, 6) is -0.309. The van der Waals surface area contributed by atoms with Gasteiger partial charge in [-0.3, -0.25) is 4.79 Å². The Bertz CT molecular complexity index is 554. The Morgan fingerprint density at radius 3 is 2.40 bits per heavy atom. The third kappa shape index (κ3) is 4.37. The summed E-state index contributed by atoms with van der Waals surface area (Å²) in [6.07, 6.45) is 0.164. The van der Waals surface area contributed by atoms with Gasteiger partial charge in [-0.2, -0.15) is 0 Å². The molecule has 0 aliphatic carbocycles. The minimum atomic E-state index is -0.339. The smallest absolute Gasteiger partial charge is 0.308 e. The topological polar surface area (TPSA) is 52.3 Å². The number of benzene rings is 2. The zero-order valence-corrected chi connectivity index (χ0v) is 11.7. The molecule has 0 heterocycles. The lowest BCUT2D eigenvalue weighted by Crippen LogP contribution is -2.17. The summed E-state index contributed by atoms with van der Waals surface area (Å²) in [4.78, 5) is 11.7. The molecule has 20 heavy (non-hydrogen) atoms. The number of rotatable bonds is 5. The Hall–Kier alpha value is -1.84. The van der Waals surface area contributed by atoms with Crippen LogP contribution in [0, 0.1) is 0 Å². The molecule has 0 aliphatic rings. The molecule has 0 saturated heterocycles. The fraction of sp³-hybridized carbons (Fsp3) is 0.188. The minimum Gasteiger partial charge on any atom is -0.461 e. The lowest BCUT2D eigenvalue weighted by molar-refractivity contribution is -0.145. The van der Waals surface area contributed by atoms with Crippen molar-refractivity contribution in [1.82, 2.24) is 0 Å². The van der Waals surface area contributed by atoms with E-state index < -0.39 is 0 Å². The molecule has 0 spiro atoms. The summed E-state index contributed by atoms with van der Waals surface area (Å²) in [6.45, 7) is 0.234. The molecule has 0 aromatic heterocycles. The van der Waals surface area contributed by atoms with Crippen molar-refractivity contribution in [2.75, 3.05) is 0 Å². The highest BCUT2D eigenvalue weighted by atomic mass is 35.5. The van der Waals surface area contributed by atoms with E-state index in [4.69, 9.17) is 22.1 Å². The van der Waals surface area contributed by atoms with Crippen molar-refractivity contribution >= 4 is 17.6 Å². The van der Waals surface area contributed by atoms with Gasteiger partial charge in [0.25, 0.3) is 0 Å². The van der Waals surface area contributed by atoms with E-state index in [0.717, 1.165) is 11.1 Å². The van der Waals surface area contributed by atoms with Crippen LogP contribution < -0.4 is 5.73 Å². The predicted molar refractivity (Wildman–Crippen MR) is 79.2 cm³/mol. The van der Waals surface area contributed by atoms with Gasteiger partial charge in [0.15, 0.2) is 0 Å². The third-order valence-corrected chi connectivity index (χ3v) is 3.18. The molecule has 104 valence electrons. The van der Waals surface area contributed by atoms with Crippen LogP contribution in [-0.4, -0.2) is 5.97 Å². The first kappa shape index (κ1) is 14.6. The maximum atomic E-state index is 11.7. The zero-order chi connectivity index (χ0) is 14.4. The van der Waals surface area contributed by atoms with Gasteiger partial charge in [-0.1, -0.05) is 54.1 Å². The number of carbonyl (C=O) groups is 1. The molecule has 1 unspecified atom stereocenters. The largest absolute Gasteiger partial charge is 0.461 e. The second kappa shape index (κ2) is 7.08. The number of hydrogen-bond acceptors (Lipinski definition) is 3. The summed E-state index contributed by atoms with van der Waals surface area (Å²) in [7, 11) is 0. The molecule has 1 atom stereocenters. The summed E-state index contributed by atoms with van der Waals surface area (Å²) in [5.41, 5.74) is 7.79. The molecular weight excluding hydrogens is 274 g/mol. The lowest BCUT2D eigenvalue weighted by atomic mass is 10.1. The number of nitrogens with two attached hydrogens (primary N) is 1. The van der Waals surface area contributed by atoms with E-state index >= 15 is 0 Å². The molecule has 2 rings (SSSR count). The molecular formula is C16H16ClNO2. The number of halogens is 1. The number of hydrogen-bond donors (Lipinski definition) is 1. The fourth-order valence-electron chi connectivity index (χ4n) is 1.80.